The minimum absolute atomic E-state index is 0.0968. The van der Waals surface area contributed by atoms with Crippen molar-refractivity contribution in [2.75, 3.05) is 38.1 Å². The van der Waals surface area contributed by atoms with E-state index in [-0.39, 0.29) is 5.78 Å². The van der Waals surface area contributed by atoms with E-state index in [9.17, 15) is 4.79 Å². The van der Waals surface area contributed by atoms with Gasteiger partial charge in [-0.15, -0.1) is 0 Å². The molecule has 0 unspecified atom stereocenters. The Morgan fingerprint density at radius 2 is 1.71 bits per heavy atom. The second-order valence-electron chi connectivity index (χ2n) is 7.40. The summed E-state index contributed by atoms with van der Waals surface area (Å²) >= 11 is 0. The molecule has 144 valence electrons. The highest BCUT2D eigenvalue weighted by Gasteiger charge is 2.16. The van der Waals surface area contributed by atoms with Crippen LogP contribution in [0.1, 0.15) is 22.5 Å². The van der Waals surface area contributed by atoms with Gasteiger partial charge in [-0.2, -0.15) is 5.10 Å². The molecule has 0 radical (unpaired) electrons. The van der Waals surface area contributed by atoms with Gasteiger partial charge in [-0.3, -0.25) is 9.89 Å². The van der Waals surface area contributed by atoms with Crippen molar-refractivity contribution >= 4 is 11.5 Å². The Morgan fingerprint density at radius 1 is 1.00 bits per heavy atom. The van der Waals surface area contributed by atoms with Gasteiger partial charge in [0.1, 0.15) is 5.69 Å². The Hall–Kier alpha value is -2.92. The van der Waals surface area contributed by atoms with Crippen LogP contribution in [0.4, 0.5) is 5.69 Å². The number of benzene rings is 2. The maximum Gasteiger partial charge on any atom is 0.181 e. The summed E-state index contributed by atoms with van der Waals surface area (Å²) in [5.41, 5.74) is 4.93. The Balaban J connectivity index is 1.37. The van der Waals surface area contributed by atoms with Crippen molar-refractivity contribution in [3.8, 4) is 11.1 Å². The maximum atomic E-state index is 12.7. The summed E-state index contributed by atoms with van der Waals surface area (Å²) in [6.45, 7) is 4.33. The summed E-state index contributed by atoms with van der Waals surface area (Å²) in [7, 11) is 2.17. The van der Waals surface area contributed by atoms with E-state index in [1.165, 1.54) is 11.3 Å². The number of anilines is 1. The van der Waals surface area contributed by atoms with Crippen molar-refractivity contribution in [3.63, 3.8) is 0 Å². The number of Topliss-reactive ketones (excluding diaryl/α,β-unsaturated/α-hetero) is 1. The largest absolute Gasteiger partial charge is 0.369 e. The predicted molar refractivity (Wildman–Crippen MR) is 113 cm³/mol. The van der Waals surface area contributed by atoms with Crippen LogP contribution in [-0.2, 0) is 6.42 Å². The smallest absolute Gasteiger partial charge is 0.181 e. The number of carbonyl (C=O) groups is 1. The molecule has 0 bridgehead atoms. The van der Waals surface area contributed by atoms with Crippen molar-refractivity contribution in [2.45, 2.75) is 12.8 Å². The highest BCUT2D eigenvalue weighted by Crippen LogP contribution is 2.23. The average molecular weight is 374 g/mol. The molecule has 0 aliphatic carbocycles. The first-order chi connectivity index (χ1) is 13.7. The minimum atomic E-state index is 0.0968. The number of hydrogen-bond donors (Lipinski definition) is 1. The van der Waals surface area contributed by atoms with Gasteiger partial charge in [0.05, 0.1) is 6.20 Å². The van der Waals surface area contributed by atoms with Crippen LogP contribution in [0.15, 0.2) is 60.8 Å². The molecule has 0 spiro atoms. The van der Waals surface area contributed by atoms with E-state index in [1.54, 1.807) is 6.20 Å². The lowest BCUT2D eigenvalue weighted by molar-refractivity contribution is 0.0978. The number of rotatable bonds is 6. The van der Waals surface area contributed by atoms with Gasteiger partial charge in [0.15, 0.2) is 5.78 Å². The number of H-pyrrole nitrogens is 1. The van der Waals surface area contributed by atoms with E-state index in [2.05, 4.69) is 51.3 Å². The summed E-state index contributed by atoms with van der Waals surface area (Å²) in [6.07, 6.45) is 2.93. The molecule has 1 N–H and O–H groups in total. The highest BCUT2D eigenvalue weighted by molar-refractivity contribution is 6.00. The zero-order chi connectivity index (χ0) is 19.3. The Kier molecular flexibility index (Phi) is 5.53. The van der Waals surface area contributed by atoms with Crippen molar-refractivity contribution in [2.24, 2.45) is 0 Å². The fourth-order valence-corrected chi connectivity index (χ4v) is 3.66. The van der Waals surface area contributed by atoms with Crippen molar-refractivity contribution in [1.29, 1.82) is 0 Å². The lowest BCUT2D eigenvalue weighted by Gasteiger charge is -2.34. The topological polar surface area (TPSA) is 52.2 Å². The van der Waals surface area contributed by atoms with Crippen LogP contribution in [0.25, 0.3) is 11.1 Å². The number of carbonyl (C=O) groups excluding carboxylic acids is 1. The summed E-state index contributed by atoms with van der Waals surface area (Å²) < 4.78 is 0. The van der Waals surface area contributed by atoms with E-state index in [4.69, 9.17) is 0 Å². The van der Waals surface area contributed by atoms with E-state index < -0.39 is 0 Å². The third kappa shape index (κ3) is 4.15. The number of aromatic nitrogens is 2. The fourth-order valence-electron chi connectivity index (χ4n) is 3.66. The molecule has 0 amide bonds. The monoisotopic (exact) mass is 374 g/mol. The average Bonchev–Trinajstić information content (AvgIpc) is 3.24. The first-order valence-electron chi connectivity index (χ1n) is 9.85. The zero-order valence-electron chi connectivity index (χ0n) is 16.3. The second-order valence-corrected chi connectivity index (χ2v) is 7.40. The van der Waals surface area contributed by atoms with Crippen LogP contribution in [-0.4, -0.2) is 54.1 Å². The molecule has 1 aromatic heterocycles. The zero-order valence-corrected chi connectivity index (χ0v) is 16.3. The van der Waals surface area contributed by atoms with E-state index >= 15 is 0 Å². The standard InChI is InChI=1S/C23H26N4O/c1-26-13-15-27(16-14-26)20-10-7-18(8-11-20)9-12-22(28)23-21(17-24-25-23)19-5-3-2-4-6-19/h2-8,10-11,17H,9,12-16H2,1H3,(H,24,25). The van der Waals surface area contributed by atoms with Gasteiger partial charge >= 0.3 is 0 Å². The molecular weight excluding hydrogens is 348 g/mol. The van der Waals surface area contributed by atoms with Gasteiger partial charge in [0, 0.05) is 43.9 Å². The molecule has 4 rings (SSSR count). The number of hydrogen-bond acceptors (Lipinski definition) is 4. The molecule has 1 aliphatic rings. The first kappa shape index (κ1) is 18.4. The van der Waals surface area contributed by atoms with Crippen molar-refractivity contribution in [1.82, 2.24) is 15.1 Å². The van der Waals surface area contributed by atoms with Crippen LogP contribution in [0.2, 0.25) is 0 Å². The number of nitrogens with zero attached hydrogens (tertiary/aromatic N) is 3. The van der Waals surface area contributed by atoms with Gasteiger partial charge in [-0.25, -0.2) is 0 Å². The van der Waals surface area contributed by atoms with Crippen LogP contribution < -0.4 is 4.90 Å². The molecular formula is C23H26N4O. The van der Waals surface area contributed by atoms with Crippen LogP contribution in [0, 0.1) is 0 Å². The highest BCUT2D eigenvalue weighted by atomic mass is 16.1. The molecule has 28 heavy (non-hydrogen) atoms. The van der Waals surface area contributed by atoms with Gasteiger partial charge in [-0.1, -0.05) is 42.5 Å². The number of aryl methyl sites for hydroxylation is 1. The lowest BCUT2D eigenvalue weighted by atomic mass is 10.0. The summed E-state index contributed by atoms with van der Waals surface area (Å²) in [5.74, 6) is 0.0968. The van der Waals surface area contributed by atoms with E-state index in [1.807, 2.05) is 30.3 Å². The molecule has 0 saturated carbocycles. The van der Waals surface area contributed by atoms with Crippen molar-refractivity contribution in [3.05, 3.63) is 72.1 Å². The van der Waals surface area contributed by atoms with Crippen molar-refractivity contribution < 1.29 is 4.79 Å². The number of ketones is 1. The molecule has 1 fully saturated rings. The van der Waals surface area contributed by atoms with E-state index in [0.717, 1.165) is 43.7 Å². The van der Waals surface area contributed by atoms with Crippen LogP contribution in [0.3, 0.4) is 0 Å². The molecule has 3 aromatic rings. The van der Waals surface area contributed by atoms with Gasteiger partial charge < -0.3 is 9.80 Å². The number of likely N-dealkylation sites (N-methyl/N-ethyl adjacent to an activating group) is 1. The minimum Gasteiger partial charge on any atom is -0.369 e. The normalized spacial score (nSPS) is 15.0. The molecule has 1 aliphatic heterocycles. The maximum absolute atomic E-state index is 12.7. The predicted octanol–water partition coefficient (Wildman–Crippen LogP) is 3.64. The first-order valence-corrected chi connectivity index (χ1v) is 9.85. The van der Waals surface area contributed by atoms with Gasteiger partial charge in [0.25, 0.3) is 0 Å². The van der Waals surface area contributed by atoms with Crippen LogP contribution >= 0.6 is 0 Å². The second kappa shape index (κ2) is 8.40. The fraction of sp³-hybridized carbons (Fsp3) is 0.304. The third-order valence-electron chi connectivity index (χ3n) is 5.45. The Bertz CT molecular complexity index is 909. The van der Waals surface area contributed by atoms with Gasteiger partial charge in [0.2, 0.25) is 0 Å². The molecule has 2 aromatic carbocycles. The number of piperazine rings is 1. The number of aromatic amines is 1. The lowest BCUT2D eigenvalue weighted by Crippen LogP contribution is -2.44. The molecule has 1 saturated heterocycles. The number of nitrogens with one attached hydrogen (secondary N) is 1. The van der Waals surface area contributed by atoms with Crippen LogP contribution in [0.5, 0.6) is 0 Å². The SMILES string of the molecule is CN1CCN(c2ccc(CCC(=O)c3[nH]ncc3-c3ccccc3)cc2)CC1. The molecule has 5 heteroatoms. The Morgan fingerprint density at radius 3 is 2.43 bits per heavy atom. The molecule has 5 nitrogen and oxygen atoms in total. The third-order valence-corrected chi connectivity index (χ3v) is 5.45. The molecule has 0 atom stereocenters. The summed E-state index contributed by atoms with van der Waals surface area (Å²) in [4.78, 5) is 17.5. The van der Waals surface area contributed by atoms with E-state index in [0.29, 0.717) is 12.1 Å². The summed E-state index contributed by atoms with van der Waals surface area (Å²) in [6, 6.07) is 18.6. The quantitative estimate of drug-likeness (QED) is 0.669. The summed E-state index contributed by atoms with van der Waals surface area (Å²) in [5, 5.41) is 6.97. The van der Waals surface area contributed by atoms with Gasteiger partial charge in [-0.05, 0) is 36.7 Å². The Labute approximate surface area is 166 Å². The molecule has 2 heterocycles.